The third-order valence-electron chi connectivity index (χ3n) is 7.20. The van der Waals surface area contributed by atoms with E-state index in [0.717, 1.165) is 31.0 Å². The van der Waals surface area contributed by atoms with Crippen molar-refractivity contribution in [2.75, 3.05) is 31.6 Å². The molecule has 2 aromatic rings. The van der Waals surface area contributed by atoms with Gasteiger partial charge in [-0.15, -0.1) is 0 Å². The van der Waals surface area contributed by atoms with Crippen molar-refractivity contribution in [3.63, 3.8) is 0 Å². The Balaban J connectivity index is 1.82. The van der Waals surface area contributed by atoms with Crippen LogP contribution in [0, 0.1) is 0 Å². The lowest BCUT2D eigenvalue weighted by Crippen LogP contribution is -2.47. The Morgan fingerprint density at radius 2 is 1.97 bits per heavy atom. The second kappa shape index (κ2) is 9.27. The molecule has 1 aliphatic carbocycles. The number of fused-ring (bicyclic) bond motifs is 2. The molecule has 0 amide bonds. The molecule has 1 N–H and O–H groups in total. The number of rotatable bonds is 7. The van der Waals surface area contributed by atoms with Crippen molar-refractivity contribution in [1.29, 1.82) is 0 Å². The molecule has 30 heavy (non-hydrogen) atoms. The maximum Gasteiger partial charge on any atom is 0.188 e. The van der Waals surface area contributed by atoms with E-state index in [1.165, 1.54) is 55.4 Å². The fourth-order valence-electron chi connectivity index (χ4n) is 5.87. The number of piperidine rings is 1. The van der Waals surface area contributed by atoms with Gasteiger partial charge in [-0.1, -0.05) is 32.4 Å². The minimum atomic E-state index is 0.651. The van der Waals surface area contributed by atoms with Crippen molar-refractivity contribution in [2.24, 2.45) is 0 Å². The summed E-state index contributed by atoms with van der Waals surface area (Å²) in [5.41, 5.74) is 9.53. The van der Waals surface area contributed by atoms with Gasteiger partial charge in [0, 0.05) is 36.1 Å². The molecule has 0 saturated carbocycles. The number of thiocarbonyl (C=S) groups is 1. The topological polar surface area (TPSA) is 23.4 Å². The number of hydrogen-bond acceptors (Lipinski definition) is 2. The van der Waals surface area contributed by atoms with Crippen molar-refractivity contribution < 1.29 is 0 Å². The predicted octanol–water partition coefficient (Wildman–Crippen LogP) is 5.28. The molecule has 164 valence electrons. The van der Waals surface area contributed by atoms with Crippen molar-refractivity contribution in [2.45, 2.75) is 78.2 Å². The fraction of sp³-hybridized carbons (Fsp3) is 0.640. The maximum absolute atomic E-state index is 5.80. The zero-order valence-electron chi connectivity index (χ0n) is 19.2. The Hall–Kier alpha value is -1.59. The number of likely N-dealkylation sites (tertiary alicyclic amines) is 1. The molecule has 0 unspecified atom stereocenters. The largest absolute Gasteiger partial charge is 0.348 e. The maximum atomic E-state index is 5.80. The van der Waals surface area contributed by atoms with E-state index in [4.69, 9.17) is 12.2 Å². The highest BCUT2D eigenvalue weighted by molar-refractivity contribution is 7.80. The molecule has 4 nitrogen and oxygen atoms in total. The minimum absolute atomic E-state index is 0.651. The molecule has 1 saturated heterocycles. The lowest BCUT2D eigenvalue weighted by molar-refractivity contribution is 0.124. The molecular formula is C25H38N4S. The molecule has 4 rings (SSSR count). The summed E-state index contributed by atoms with van der Waals surface area (Å²) in [5, 5.41) is 2.34. The molecule has 5 heteroatoms. The van der Waals surface area contributed by atoms with Crippen LogP contribution in [-0.4, -0.2) is 51.8 Å². The van der Waals surface area contributed by atoms with Crippen LogP contribution < -0.4 is 5.43 Å². The van der Waals surface area contributed by atoms with Crippen LogP contribution in [0.5, 0.6) is 0 Å². The van der Waals surface area contributed by atoms with E-state index in [9.17, 15) is 0 Å². The zero-order chi connectivity index (χ0) is 21.3. The van der Waals surface area contributed by atoms with Gasteiger partial charge >= 0.3 is 0 Å². The van der Waals surface area contributed by atoms with Gasteiger partial charge in [0.2, 0.25) is 0 Å². The highest BCUT2D eigenvalue weighted by Crippen LogP contribution is 2.45. The third kappa shape index (κ3) is 3.64. The average molecular weight is 427 g/mol. The molecule has 1 aliphatic heterocycles. The molecule has 2 atom stereocenters. The van der Waals surface area contributed by atoms with Crippen LogP contribution in [0.4, 0.5) is 0 Å². The van der Waals surface area contributed by atoms with Gasteiger partial charge in [-0.25, -0.2) is 0 Å². The Kier molecular flexibility index (Phi) is 6.69. The SMILES string of the molecule is CCCc1c2c3c(cccc3n1NC(=S)N(CC)CC)[C@H]1CCCN(CCC)[C@@H]1C2. The normalized spacial score (nSPS) is 20.9. The van der Waals surface area contributed by atoms with Gasteiger partial charge < -0.3 is 4.90 Å². The van der Waals surface area contributed by atoms with Gasteiger partial charge in [0.15, 0.2) is 5.11 Å². The number of nitrogens with zero attached hydrogens (tertiary/aromatic N) is 3. The number of nitrogens with one attached hydrogen (secondary N) is 1. The van der Waals surface area contributed by atoms with Gasteiger partial charge in [0.25, 0.3) is 0 Å². The highest BCUT2D eigenvalue weighted by atomic mass is 32.1. The van der Waals surface area contributed by atoms with E-state index >= 15 is 0 Å². The first-order chi connectivity index (χ1) is 14.6. The summed E-state index contributed by atoms with van der Waals surface area (Å²) in [6.07, 6.45) is 7.29. The summed E-state index contributed by atoms with van der Waals surface area (Å²) in [6, 6.07) is 7.60. The van der Waals surface area contributed by atoms with Gasteiger partial charge in [-0.2, -0.15) is 0 Å². The van der Waals surface area contributed by atoms with E-state index in [-0.39, 0.29) is 0 Å². The summed E-state index contributed by atoms with van der Waals surface area (Å²) in [6.45, 7) is 13.3. The number of benzene rings is 1. The molecule has 0 spiro atoms. The Morgan fingerprint density at radius 3 is 2.67 bits per heavy atom. The lowest BCUT2D eigenvalue weighted by Gasteiger charge is -2.44. The molecule has 2 aliphatic rings. The second-order valence-electron chi connectivity index (χ2n) is 8.90. The van der Waals surface area contributed by atoms with Crippen LogP contribution in [0.25, 0.3) is 10.9 Å². The first-order valence-corrected chi connectivity index (χ1v) is 12.5. The number of aromatic nitrogens is 1. The van der Waals surface area contributed by atoms with E-state index < -0.39 is 0 Å². The summed E-state index contributed by atoms with van der Waals surface area (Å²) in [4.78, 5) is 5.00. The van der Waals surface area contributed by atoms with Crippen molar-refractivity contribution in [3.8, 4) is 0 Å². The molecule has 0 radical (unpaired) electrons. The predicted molar refractivity (Wildman–Crippen MR) is 132 cm³/mol. The van der Waals surface area contributed by atoms with Gasteiger partial charge in [-0.05, 0) is 88.5 Å². The summed E-state index contributed by atoms with van der Waals surface area (Å²) >= 11 is 5.80. The standard InChI is InChI=1S/C25H38N4S/c1-5-11-21-20-17-23-18(13-10-16-28(23)15-6-2)19-12-9-14-22(24(19)20)29(21)26-25(30)27(7-3)8-4/h9,12,14,18,23H,5-8,10-11,13,15-17H2,1-4H3,(H,26,30)/t18-,23-/m1/s1. The molecule has 1 aromatic carbocycles. The van der Waals surface area contributed by atoms with Crippen LogP contribution in [0.2, 0.25) is 0 Å². The highest BCUT2D eigenvalue weighted by Gasteiger charge is 2.39. The fourth-order valence-corrected chi connectivity index (χ4v) is 6.22. The number of hydrogen-bond donors (Lipinski definition) is 1. The monoisotopic (exact) mass is 426 g/mol. The average Bonchev–Trinajstić information content (AvgIpc) is 3.04. The summed E-state index contributed by atoms with van der Waals surface area (Å²) in [5.74, 6) is 0.668. The molecule has 2 heterocycles. The molecule has 1 aromatic heterocycles. The zero-order valence-corrected chi connectivity index (χ0v) is 20.0. The van der Waals surface area contributed by atoms with Crippen LogP contribution in [0.3, 0.4) is 0 Å². The third-order valence-corrected chi connectivity index (χ3v) is 7.55. The van der Waals surface area contributed by atoms with Crippen LogP contribution in [0.15, 0.2) is 18.2 Å². The summed E-state index contributed by atoms with van der Waals surface area (Å²) in [7, 11) is 0. The van der Waals surface area contributed by atoms with E-state index in [2.05, 4.69) is 65.8 Å². The van der Waals surface area contributed by atoms with Crippen LogP contribution in [0.1, 0.15) is 76.1 Å². The van der Waals surface area contributed by atoms with Crippen molar-refractivity contribution >= 4 is 28.2 Å². The van der Waals surface area contributed by atoms with E-state index in [1.54, 1.807) is 11.1 Å². The molecule has 0 bridgehead atoms. The van der Waals surface area contributed by atoms with Gasteiger partial charge in [-0.3, -0.25) is 15.0 Å². The lowest BCUT2D eigenvalue weighted by atomic mass is 9.74. The Labute approximate surface area is 187 Å². The molecule has 1 fully saturated rings. The first-order valence-electron chi connectivity index (χ1n) is 12.1. The smallest absolute Gasteiger partial charge is 0.188 e. The Morgan fingerprint density at radius 1 is 1.17 bits per heavy atom. The summed E-state index contributed by atoms with van der Waals surface area (Å²) < 4.78 is 2.33. The van der Waals surface area contributed by atoms with E-state index in [1.807, 2.05) is 0 Å². The Bertz CT molecular complexity index is 896. The van der Waals surface area contributed by atoms with E-state index in [0.29, 0.717) is 12.0 Å². The first kappa shape index (κ1) is 21.6. The van der Waals surface area contributed by atoms with Gasteiger partial charge in [0.1, 0.15) is 0 Å². The van der Waals surface area contributed by atoms with Gasteiger partial charge in [0.05, 0.1) is 5.52 Å². The van der Waals surface area contributed by atoms with Crippen molar-refractivity contribution in [1.82, 2.24) is 14.5 Å². The van der Waals surface area contributed by atoms with Crippen molar-refractivity contribution in [3.05, 3.63) is 35.0 Å². The second-order valence-corrected chi connectivity index (χ2v) is 9.28. The van der Waals surface area contributed by atoms with Crippen LogP contribution >= 0.6 is 12.2 Å². The minimum Gasteiger partial charge on any atom is -0.348 e. The quantitative estimate of drug-likeness (QED) is 0.609. The molecular weight excluding hydrogens is 388 g/mol. The van der Waals surface area contributed by atoms with Crippen LogP contribution in [-0.2, 0) is 12.8 Å².